The van der Waals surface area contributed by atoms with Crippen LogP contribution in [-0.2, 0) is 11.8 Å². The van der Waals surface area contributed by atoms with E-state index >= 15 is 0 Å². The van der Waals surface area contributed by atoms with Gasteiger partial charge in [0.15, 0.2) is 5.78 Å². The zero-order chi connectivity index (χ0) is 14.5. The van der Waals surface area contributed by atoms with E-state index in [-0.39, 0.29) is 11.7 Å². The molecule has 0 atom stereocenters. The average Bonchev–Trinajstić information content (AvgIpc) is 2.84. The number of hydrogen-bond acceptors (Lipinski definition) is 3. The van der Waals surface area contributed by atoms with Gasteiger partial charge < -0.3 is 9.88 Å². The maximum Gasteiger partial charge on any atom is 0.221 e. The number of thioether (sulfide) groups is 1. The number of nitrogens with one attached hydrogen (secondary N) is 1. The number of anilines is 1. The number of amides is 1. The van der Waals surface area contributed by atoms with E-state index in [0.717, 1.165) is 16.1 Å². The second kappa shape index (κ2) is 6.43. The maximum absolute atomic E-state index is 12.0. The number of nitrogens with zero attached hydrogens (tertiary/aromatic N) is 1. The molecule has 0 bridgehead atoms. The summed E-state index contributed by atoms with van der Waals surface area (Å²) in [5.41, 5.74) is 1.49. The molecule has 0 saturated carbocycles. The molecule has 0 fully saturated rings. The number of carbonyl (C=O) groups excluding carboxylic acids is 2. The predicted molar refractivity (Wildman–Crippen MR) is 81.2 cm³/mol. The highest BCUT2D eigenvalue weighted by Gasteiger charge is 2.07. The highest BCUT2D eigenvalue weighted by Crippen LogP contribution is 2.21. The van der Waals surface area contributed by atoms with E-state index < -0.39 is 0 Å². The van der Waals surface area contributed by atoms with Crippen molar-refractivity contribution in [1.29, 1.82) is 0 Å². The Kier molecular flexibility index (Phi) is 4.63. The molecule has 0 aliphatic heterocycles. The second-order valence-corrected chi connectivity index (χ2v) is 5.53. The van der Waals surface area contributed by atoms with Gasteiger partial charge in [-0.25, -0.2) is 0 Å². The molecule has 1 amide bonds. The molecule has 20 heavy (non-hydrogen) atoms. The largest absolute Gasteiger partial charge is 0.357 e. The number of hydrogen-bond donors (Lipinski definition) is 1. The predicted octanol–water partition coefficient (Wildman–Crippen LogP) is 2.96. The normalized spacial score (nSPS) is 10.3. The van der Waals surface area contributed by atoms with Gasteiger partial charge in [0.25, 0.3) is 0 Å². The van der Waals surface area contributed by atoms with Crippen LogP contribution in [0.25, 0.3) is 0 Å². The van der Waals surface area contributed by atoms with Crippen LogP contribution in [0.3, 0.4) is 0 Å². The molecule has 1 aromatic heterocycles. The summed E-state index contributed by atoms with van der Waals surface area (Å²) in [4.78, 5) is 23.9. The van der Waals surface area contributed by atoms with Gasteiger partial charge in [0.1, 0.15) is 0 Å². The number of carbonyl (C=O) groups is 2. The van der Waals surface area contributed by atoms with Crippen molar-refractivity contribution in [3.63, 3.8) is 0 Å². The molecule has 0 aliphatic rings. The Balaban J connectivity index is 1.90. The molecular formula is C15H16N2O2S. The van der Waals surface area contributed by atoms with Crippen LogP contribution in [0.15, 0.2) is 47.6 Å². The molecule has 2 aromatic rings. The summed E-state index contributed by atoms with van der Waals surface area (Å²) in [6.45, 7) is 1.47. The summed E-state index contributed by atoms with van der Waals surface area (Å²) in [6.07, 6.45) is 3.68. The van der Waals surface area contributed by atoms with Crippen molar-refractivity contribution in [1.82, 2.24) is 4.57 Å². The Morgan fingerprint density at radius 1 is 1.20 bits per heavy atom. The van der Waals surface area contributed by atoms with Crippen molar-refractivity contribution in [2.45, 2.75) is 11.8 Å². The maximum atomic E-state index is 12.0. The van der Waals surface area contributed by atoms with Gasteiger partial charge in [-0.3, -0.25) is 9.59 Å². The lowest BCUT2D eigenvalue weighted by atomic mass is 10.2. The van der Waals surface area contributed by atoms with E-state index in [0.29, 0.717) is 5.75 Å². The lowest BCUT2D eigenvalue weighted by Crippen LogP contribution is -2.05. The summed E-state index contributed by atoms with van der Waals surface area (Å²) >= 11 is 1.49. The van der Waals surface area contributed by atoms with Crippen LogP contribution < -0.4 is 5.32 Å². The Morgan fingerprint density at radius 3 is 2.45 bits per heavy atom. The molecule has 0 radical (unpaired) electrons. The summed E-state index contributed by atoms with van der Waals surface area (Å²) in [5, 5.41) is 2.71. The fourth-order valence-electron chi connectivity index (χ4n) is 1.74. The molecule has 0 unspecified atom stereocenters. The highest BCUT2D eigenvalue weighted by atomic mass is 32.2. The zero-order valence-electron chi connectivity index (χ0n) is 11.4. The summed E-state index contributed by atoms with van der Waals surface area (Å²) in [6, 6.07) is 9.28. The number of rotatable bonds is 5. The average molecular weight is 288 g/mol. The van der Waals surface area contributed by atoms with Gasteiger partial charge in [0, 0.05) is 42.5 Å². The Morgan fingerprint density at radius 2 is 1.90 bits per heavy atom. The molecule has 2 rings (SSSR count). The molecule has 1 aromatic carbocycles. The molecule has 1 N–H and O–H groups in total. The summed E-state index contributed by atoms with van der Waals surface area (Å²) in [7, 11) is 1.89. The zero-order valence-corrected chi connectivity index (χ0v) is 12.2. The first-order valence-electron chi connectivity index (χ1n) is 6.20. The van der Waals surface area contributed by atoms with Crippen LogP contribution in [0, 0.1) is 0 Å². The smallest absolute Gasteiger partial charge is 0.221 e. The first kappa shape index (κ1) is 14.4. The van der Waals surface area contributed by atoms with Gasteiger partial charge >= 0.3 is 0 Å². The van der Waals surface area contributed by atoms with E-state index in [2.05, 4.69) is 5.32 Å². The molecule has 0 spiro atoms. The molecule has 0 saturated heterocycles. The van der Waals surface area contributed by atoms with Gasteiger partial charge in [-0.15, -0.1) is 11.8 Å². The van der Waals surface area contributed by atoms with Crippen LogP contribution >= 0.6 is 11.8 Å². The van der Waals surface area contributed by atoms with Gasteiger partial charge in [-0.2, -0.15) is 0 Å². The minimum Gasteiger partial charge on any atom is -0.357 e. The monoisotopic (exact) mass is 288 g/mol. The van der Waals surface area contributed by atoms with Crippen molar-refractivity contribution in [3.05, 3.63) is 48.3 Å². The molecule has 5 heteroatoms. The Hall–Kier alpha value is -2.01. The molecule has 4 nitrogen and oxygen atoms in total. The van der Waals surface area contributed by atoms with Gasteiger partial charge in [0.05, 0.1) is 5.75 Å². The molecule has 104 valence electrons. The van der Waals surface area contributed by atoms with E-state index in [1.165, 1.54) is 18.7 Å². The van der Waals surface area contributed by atoms with E-state index in [1.54, 1.807) is 0 Å². The van der Waals surface area contributed by atoms with Crippen molar-refractivity contribution in [2.75, 3.05) is 11.1 Å². The fraction of sp³-hybridized carbons (Fsp3) is 0.200. The van der Waals surface area contributed by atoms with Crippen molar-refractivity contribution in [3.8, 4) is 0 Å². The number of aryl methyl sites for hydroxylation is 1. The lowest BCUT2D eigenvalue weighted by molar-refractivity contribution is -0.114. The number of ketones is 1. The minimum absolute atomic E-state index is 0.0929. The molecule has 0 aliphatic carbocycles. The third-order valence-corrected chi connectivity index (χ3v) is 3.71. The van der Waals surface area contributed by atoms with Crippen molar-refractivity contribution < 1.29 is 9.59 Å². The Bertz CT molecular complexity index is 617. The third-order valence-electron chi connectivity index (χ3n) is 2.70. The van der Waals surface area contributed by atoms with Crippen LogP contribution in [0.2, 0.25) is 0 Å². The minimum atomic E-state index is -0.0929. The van der Waals surface area contributed by atoms with Crippen LogP contribution in [0.4, 0.5) is 5.69 Å². The quantitative estimate of drug-likeness (QED) is 0.680. The fourth-order valence-corrected chi connectivity index (χ4v) is 2.53. The summed E-state index contributed by atoms with van der Waals surface area (Å²) in [5.74, 6) is 0.426. The molecule has 1 heterocycles. The van der Waals surface area contributed by atoms with Crippen molar-refractivity contribution in [2.24, 2.45) is 7.05 Å². The first-order valence-corrected chi connectivity index (χ1v) is 7.19. The topological polar surface area (TPSA) is 51.1 Å². The van der Waals surface area contributed by atoms with Crippen LogP contribution in [0.5, 0.6) is 0 Å². The summed E-state index contributed by atoms with van der Waals surface area (Å²) < 4.78 is 1.86. The van der Waals surface area contributed by atoms with Crippen molar-refractivity contribution >= 4 is 29.1 Å². The van der Waals surface area contributed by atoms with Crippen LogP contribution in [0.1, 0.15) is 17.3 Å². The Labute approximate surface area is 122 Å². The lowest BCUT2D eigenvalue weighted by Gasteiger charge is -2.04. The van der Waals surface area contributed by atoms with Crippen LogP contribution in [-0.4, -0.2) is 22.0 Å². The second-order valence-electron chi connectivity index (χ2n) is 4.48. The van der Waals surface area contributed by atoms with Gasteiger partial charge in [-0.05, 0) is 30.3 Å². The molecular weight excluding hydrogens is 272 g/mol. The first-order chi connectivity index (χ1) is 9.54. The SMILES string of the molecule is CC(=O)Nc1ccc(SCC(=O)c2ccn(C)c2)cc1. The number of aromatic nitrogens is 1. The highest BCUT2D eigenvalue weighted by molar-refractivity contribution is 8.00. The standard InChI is InChI=1S/C15H16N2O2S/c1-11(18)16-13-3-5-14(6-4-13)20-10-15(19)12-7-8-17(2)9-12/h3-9H,10H2,1-2H3,(H,16,18). The van der Waals surface area contributed by atoms with E-state index in [4.69, 9.17) is 0 Å². The van der Waals surface area contributed by atoms with E-state index in [9.17, 15) is 9.59 Å². The number of Topliss-reactive ketones (excluding diaryl/α,β-unsaturated/α-hetero) is 1. The third kappa shape index (κ3) is 3.99. The number of benzene rings is 1. The van der Waals surface area contributed by atoms with Gasteiger partial charge in [0.2, 0.25) is 5.91 Å². The van der Waals surface area contributed by atoms with Gasteiger partial charge in [-0.1, -0.05) is 0 Å². The van der Waals surface area contributed by atoms with E-state index in [1.807, 2.05) is 54.3 Å².